The van der Waals surface area contributed by atoms with Crippen molar-refractivity contribution in [3.8, 4) is 0 Å². The molecule has 200 valence electrons. The summed E-state index contributed by atoms with van der Waals surface area (Å²) in [6, 6.07) is 25.6. The van der Waals surface area contributed by atoms with Crippen molar-refractivity contribution in [2.45, 2.75) is 91.9 Å². The van der Waals surface area contributed by atoms with Gasteiger partial charge in [0.05, 0.1) is 61.9 Å². The smallest absolute Gasteiger partial charge is 0.118 e. The number of nitrogens with zero attached hydrogens (tertiary/aromatic N) is 1. The molecule has 0 saturated heterocycles. The van der Waals surface area contributed by atoms with E-state index in [1.165, 1.54) is 28.2 Å². The van der Waals surface area contributed by atoms with Crippen molar-refractivity contribution in [3.63, 3.8) is 0 Å². The van der Waals surface area contributed by atoms with Gasteiger partial charge < -0.3 is 4.90 Å². The molecule has 0 spiro atoms. The first-order valence-corrected chi connectivity index (χ1v) is 18.8. The highest BCUT2D eigenvalue weighted by Crippen LogP contribution is 2.66. The lowest BCUT2D eigenvalue weighted by molar-refractivity contribution is 0.997. The van der Waals surface area contributed by atoms with Gasteiger partial charge in [-0.15, -0.1) is 0 Å². The van der Waals surface area contributed by atoms with E-state index in [2.05, 4.69) is 154 Å². The molecule has 0 heterocycles. The molecule has 0 radical (unpaired) electrons. The van der Waals surface area contributed by atoms with E-state index in [9.17, 15) is 0 Å². The number of hydrogen-bond acceptors (Lipinski definition) is 1. The highest BCUT2D eigenvalue weighted by atomic mass is 31.2. The van der Waals surface area contributed by atoms with Crippen LogP contribution in [0, 0.1) is 13.8 Å². The Balaban J connectivity index is 2.50. The van der Waals surface area contributed by atoms with Crippen molar-refractivity contribution in [1.29, 1.82) is 0 Å². The molecular weight excluding hydrogens is 484 g/mol. The summed E-state index contributed by atoms with van der Waals surface area (Å²) in [5.41, 5.74) is 9.10. The normalized spacial score (nSPS) is 12.8. The first-order valence-electron chi connectivity index (χ1n) is 14.1. The van der Waals surface area contributed by atoms with Crippen molar-refractivity contribution < 1.29 is 0 Å². The number of rotatable bonds is 9. The van der Waals surface area contributed by atoms with Gasteiger partial charge in [-0.2, -0.15) is 0 Å². The molecule has 3 aromatic rings. The van der Waals surface area contributed by atoms with Crippen molar-refractivity contribution in [2.24, 2.45) is 0 Å². The summed E-state index contributed by atoms with van der Waals surface area (Å²) in [4.78, 5) is 2.62. The molecule has 0 aliphatic carbocycles. The Morgan fingerprint density at radius 1 is 0.514 bits per heavy atom. The molecule has 37 heavy (non-hydrogen) atoms. The lowest BCUT2D eigenvalue weighted by Crippen LogP contribution is -2.33. The van der Waals surface area contributed by atoms with Gasteiger partial charge in [-0.1, -0.05) is 30.3 Å². The molecule has 0 amide bonds. The summed E-state index contributed by atoms with van der Waals surface area (Å²) in [6.07, 6.45) is 0. The zero-order valence-corrected chi connectivity index (χ0v) is 27.3. The van der Waals surface area contributed by atoms with Gasteiger partial charge in [-0.3, -0.25) is 0 Å². The quantitative estimate of drug-likeness (QED) is 0.246. The van der Waals surface area contributed by atoms with Crippen molar-refractivity contribution in [3.05, 3.63) is 77.9 Å². The molecule has 0 saturated carbocycles. The fourth-order valence-electron chi connectivity index (χ4n) is 5.73. The van der Waals surface area contributed by atoms with Crippen LogP contribution in [0.15, 0.2) is 66.7 Å². The predicted molar refractivity (Wildman–Crippen MR) is 176 cm³/mol. The Bertz CT molecular complexity index is 1100. The predicted octanol–water partition coefficient (Wildman–Crippen LogP) is 9.95. The van der Waals surface area contributed by atoms with Gasteiger partial charge in [0.25, 0.3) is 0 Å². The third-order valence-electron chi connectivity index (χ3n) is 9.09. The number of para-hydroxylation sites is 1. The summed E-state index contributed by atoms with van der Waals surface area (Å²) in [7, 11) is -2.91. The van der Waals surface area contributed by atoms with Crippen LogP contribution in [-0.2, 0) is 0 Å². The van der Waals surface area contributed by atoms with Crippen molar-refractivity contribution in [1.82, 2.24) is 0 Å². The third-order valence-corrected chi connectivity index (χ3v) is 20.5. The van der Waals surface area contributed by atoms with Crippen LogP contribution < -0.4 is 15.5 Å². The van der Waals surface area contributed by atoms with Crippen LogP contribution in [0.5, 0.6) is 0 Å². The molecule has 3 rings (SSSR count). The van der Waals surface area contributed by atoms with Gasteiger partial charge in [0.2, 0.25) is 0 Å². The first-order chi connectivity index (χ1) is 17.3. The monoisotopic (exact) mass is 535 g/mol. The highest BCUT2D eigenvalue weighted by molar-refractivity contribution is 7.84. The second kappa shape index (κ2) is 11.6. The van der Waals surface area contributed by atoms with E-state index < -0.39 is 14.5 Å². The molecule has 0 aromatic heterocycles. The van der Waals surface area contributed by atoms with E-state index in [0.29, 0.717) is 22.6 Å². The van der Waals surface area contributed by atoms with E-state index in [1.54, 1.807) is 10.6 Å². The van der Waals surface area contributed by atoms with Gasteiger partial charge in [0.1, 0.15) is 10.6 Å². The Labute approximate surface area is 229 Å². The van der Waals surface area contributed by atoms with Crippen molar-refractivity contribution in [2.75, 3.05) is 18.2 Å². The third kappa shape index (κ3) is 5.56. The summed E-state index contributed by atoms with van der Waals surface area (Å²) in [6.45, 7) is 29.1. The van der Waals surface area contributed by atoms with Gasteiger partial charge in [0, 0.05) is 5.69 Å². The average Bonchev–Trinajstić information content (AvgIpc) is 2.83. The first kappa shape index (κ1) is 29.9. The fraction of sp³-hybridized carbons (Fsp3) is 0.471. The molecule has 3 heteroatoms. The molecule has 0 aliphatic rings. The molecule has 0 atom stereocenters. The fourth-order valence-corrected chi connectivity index (χ4v) is 12.4. The second-order valence-electron chi connectivity index (χ2n) is 12.3. The maximum atomic E-state index is 2.62. The largest absolute Gasteiger partial charge is 0.303 e. The maximum absolute atomic E-state index is 2.62. The van der Waals surface area contributed by atoms with E-state index >= 15 is 0 Å². The molecule has 0 aliphatic heterocycles. The van der Waals surface area contributed by atoms with Crippen LogP contribution >= 0.6 is 14.5 Å². The Kier molecular flexibility index (Phi) is 9.36. The standard InChI is InChI=1S/C34H51NP2/c1-24(2)36(11,25(3)4)33-20-18-28(9)22-31(33)35(30-16-14-13-15-17-30)32-23-29(10)19-21-34(32)37(12,26(5)6)27(7)8/h13-27H,1-12H3/q+2. The van der Waals surface area contributed by atoms with E-state index in [1.807, 2.05) is 0 Å². The minimum absolute atomic E-state index is 0.618. The summed E-state index contributed by atoms with van der Waals surface area (Å²) in [5, 5.41) is 3.10. The van der Waals surface area contributed by atoms with Gasteiger partial charge in [-0.05, 0) is 117 Å². The molecule has 0 bridgehead atoms. The van der Waals surface area contributed by atoms with Gasteiger partial charge in [-0.25, -0.2) is 0 Å². The Hall–Kier alpha value is -1.68. The minimum Gasteiger partial charge on any atom is -0.303 e. The highest BCUT2D eigenvalue weighted by Gasteiger charge is 2.47. The van der Waals surface area contributed by atoms with Crippen molar-refractivity contribution >= 4 is 42.2 Å². The number of hydrogen-bond donors (Lipinski definition) is 0. The Morgan fingerprint density at radius 2 is 0.865 bits per heavy atom. The molecule has 1 nitrogen and oxygen atoms in total. The number of anilines is 3. The van der Waals surface area contributed by atoms with Gasteiger partial charge in [0.15, 0.2) is 0 Å². The molecule has 0 unspecified atom stereocenters. The van der Waals surface area contributed by atoms with Crippen LogP contribution in [0.1, 0.15) is 66.5 Å². The molecule has 0 fully saturated rings. The summed E-state index contributed by atoms with van der Waals surface area (Å²) < 4.78 is 0. The average molecular weight is 536 g/mol. The summed E-state index contributed by atoms with van der Waals surface area (Å²) >= 11 is 0. The van der Waals surface area contributed by atoms with Crippen LogP contribution in [0.25, 0.3) is 0 Å². The van der Waals surface area contributed by atoms with E-state index in [-0.39, 0.29) is 0 Å². The van der Waals surface area contributed by atoms with E-state index in [0.717, 1.165) is 0 Å². The van der Waals surface area contributed by atoms with Crippen LogP contribution in [-0.4, -0.2) is 36.0 Å². The zero-order valence-electron chi connectivity index (χ0n) is 25.5. The van der Waals surface area contributed by atoms with Crippen LogP contribution in [0.3, 0.4) is 0 Å². The molecule has 3 aromatic carbocycles. The second-order valence-corrected chi connectivity index (χ2v) is 22.0. The topological polar surface area (TPSA) is 3.24 Å². The lowest BCUT2D eigenvalue weighted by Gasteiger charge is -2.38. The minimum atomic E-state index is -1.46. The number of benzene rings is 3. The van der Waals surface area contributed by atoms with Crippen LogP contribution in [0.2, 0.25) is 0 Å². The number of aryl methyl sites for hydroxylation is 2. The van der Waals surface area contributed by atoms with Crippen LogP contribution in [0.4, 0.5) is 17.1 Å². The Morgan fingerprint density at radius 3 is 1.19 bits per heavy atom. The maximum Gasteiger partial charge on any atom is 0.118 e. The summed E-state index contributed by atoms with van der Waals surface area (Å²) in [5.74, 6) is 0. The molecular formula is C34H51NP2+2. The van der Waals surface area contributed by atoms with E-state index in [4.69, 9.17) is 0 Å². The zero-order chi connectivity index (χ0) is 27.7. The molecule has 0 N–H and O–H groups in total. The van der Waals surface area contributed by atoms with Gasteiger partial charge >= 0.3 is 0 Å². The SMILES string of the molecule is Cc1ccc([P+](C)(C(C)C)C(C)C)c(N(c2ccccc2)c2cc(C)ccc2[P+](C)(C(C)C)C(C)C)c1. The lowest BCUT2D eigenvalue weighted by atomic mass is 10.1.